The second-order valence-corrected chi connectivity index (χ2v) is 4.90. The van der Waals surface area contributed by atoms with Crippen LogP contribution in [-0.4, -0.2) is 9.97 Å². The van der Waals surface area contributed by atoms with Gasteiger partial charge in [-0.1, -0.05) is 12.1 Å². The fourth-order valence-corrected chi connectivity index (χ4v) is 2.29. The van der Waals surface area contributed by atoms with Crippen molar-refractivity contribution < 1.29 is 17.6 Å². The van der Waals surface area contributed by atoms with Crippen LogP contribution in [0.25, 0.3) is 11.1 Å². The molecule has 3 aromatic rings. The standard InChI is InChI=1S/C13H7F3N2OS/c14-13(15,16)8-5-6-11(17-7-8)20-12-18-9-3-1-2-4-10(9)19-12/h1-7H. The maximum atomic E-state index is 12.4. The molecule has 0 aliphatic heterocycles. The molecular weight excluding hydrogens is 289 g/mol. The van der Waals surface area contributed by atoms with E-state index in [1.54, 1.807) is 12.1 Å². The number of hydrogen-bond donors (Lipinski definition) is 0. The summed E-state index contributed by atoms with van der Waals surface area (Å²) in [6.07, 6.45) is -3.58. The predicted octanol–water partition coefficient (Wildman–Crippen LogP) is 4.39. The van der Waals surface area contributed by atoms with E-state index in [1.807, 2.05) is 12.1 Å². The average Bonchev–Trinajstić information content (AvgIpc) is 2.80. The Kier molecular flexibility index (Phi) is 3.13. The van der Waals surface area contributed by atoms with Gasteiger partial charge in [0.1, 0.15) is 10.5 Å². The van der Waals surface area contributed by atoms with Gasteiger partial charge in [-0.3, -0.25) is 0 Å². The molecule has 3 nitrogen and oxygen atoms in total. The van der Waals surface area contributed by atoms with Crippen molar-refractivity contribution in [3.8, 4) is 0 Å². The number of oxazole rings is 1. The van der Waals surface area contributed by atoms with E-state index in [4.69, 9.17) is 4.42 Å². The third kappa shape index (κ3) is 2.62. The lowest BCUT2D eigenvalue weighted by atomic mass is 10.3. The summed E-state index contributed by atoms with van der Waals surface area (Å²) in [5, 5.41) is 0.739. The summed E-state index contributed by atoms with van der Waals surface area (Å²) in [5.41, 5.74) is 0.545. The van der Waals surface area contributed by atoms with Crippen LogP contribution in [0.2, 0.25) is 0 Å². The Hall–Kier alpha value is -2.02. The highest BCUT2D eigenvalue weighted by Crippen LogP contribution is 2.32. The first-order valence-corrected chi connectivity index (χ1v) is 6.41. The van der Waals surface area contributed by atoms with E-state index in [1.165, 1.54) is 6.07 Å². The van der Waals surface area contributed by atoms with Gasteiger partial charge in [-0.25, -0.2) is 9.97 Å². The maximum Gasteiger partial charge on any atom is 0.417 e. The Labute approximate surface area is 115 Å². The van der Waals surface area contributed by atoms with Gasteiger partial charge in [0.2, 0.25) is 0 Å². The van der Waals surface area contributed by atoms with E-state index in [0.29, 0.717) is 21.3 Å². The van der Waals surface area contributed by atoms with Crippen molar-refractivity contribution in [2.24, 2.45) is 0 Å². The molecule has 0 atom stereocenters. The van der Waals surface area contributed by atoms with E-state index in [2.05, 4.69) is 9.97 Å². The lowest BCUT2D eigenvalue weighted by Crippen LogP contribution is -2.04. The normalized spacial score (nSPS) is 11.9. The molecular formula is C13H7F3N2OS. The quantitative estimate of drug-likeness (QED) is 0.703. The fourth-order valence-electron chi connectivity index (χ4n) is 1.59. The monoisotopic (exact) mass is 296 g/mol. The molecule has 0 aliphatic rings. The van der Waals surface area contributed by atoms with Gasteiger partial charge in [0, 0.05) is 6.20 Å². The van der Waals surface area contributed by atoms with Crippen LogP contribution in [0.1, 0.15) is 5.56 Å². The highest BCUT2D eigenvalue weighted by Gasteiger charge is 2.30. The van der Waals surface area contributed by atoms with Crippen molar-refractivity contribution in [3.05, 3.63) is 48.2 Å². The topological polar surface area (TPSA) is 38.9 Å². The zero-order valence-corrected chi connectivity index (χ0v) is 10.7. The second-order valence-electron chi connectivity index (χ2n) is 3.93. The number of aromatic nitrogens is 2. The minimum atomic E-state index is -4.38. The molecule has 0 radical (unpaired) electrons. The SMILES string of the molecule is FC(F)(F)c1ccc(Sc2nc3ccccc3o2)nc1. The molecule has 2 aromatic heterocycles. The Balaban J connectivity index is 1.84. The summed E-state index contributed by atoms with van der Waals surface area (Å²) in [7, 11) is 0. The first-order chi connectivity index (χ1) is 9.52. The van der Waals surface area contributed by atoms with Crippen molar-refractivity contribution >= 4 is 22.9 Å². The van der Waals surface area contributed by atoms with E-state index in [-0.39, 0.29) is 0 Å². The third-order valence-corrected chi connectivity index (χ3v) is 3.33. The van der Waals surface area contributed by atoms with Gasteiger partial charge in [-0.2, -0.15) is 13.2 Å². The van der Waals surface area contributed by atoms with Crippen molar-refractivity contribution in [2.45, 2.75) is 16.4 Å². The van der Waals surface area contributed by atoms with E-state index in [0.717, 1.165) is 24.0 Å². The molecule has 3 rings (SSSR count). The molecule has 0 amide bonds. The zero-order chi connectivity index (χ0) is 14.2. The van der Waals surface area contributed by atoms with E-state index in [9.17, 15) is 13.2 Å². The van der Waals surface area contributed by atoms with Crippen molar-refractivity contribution in [2.75, 3.05) is 0 Å². The van der Waals surface area contributed by atoms with Gasteiger partial charge in [-0.15, -0.1) is 0 Å². The lowest BCUT2D eigenvalue weighted by Gasteiger charge is -2.05. The van der Waals surface area contributed by atoms with Crippen molar-refractivity contribution in [3.63, 3.8) is 0 Å². The Morgan fingerprint density at radius 2 is 1.85 bits per heavy atom. The third-order valence-electron chi connectivity index (χ3n) is 2.53. The van der Waals surface area contributed by atoms with Crippen LogP contribution in [-0.2, 0) is 6.18 Å². The smallest absolute Gasteiger partial charge is 0.417 e. The summed E-state index contributed by atoms with van der Waals surface area (Å²) in [4.78, 5) is 7.97. The molecule has 7 heteroatoms. The molecule has 0 aliphatic carbocycles. The number of fused-ring (bicyclic) bond motifs is 1. The highest BCUT2D eigenvalue weighted by atomic mass is 32.2. The van der Waals surface area contributed by atoms with Gasteiger partial charge in [0.05, 0.1) is 5.56 Å². The Morgan fingerprint density at radius 1 is 1.05 bits per heavy atom. The van der Waals surface area contributed by atoms with Crippen LogP contribution in [0.3, 0.4) is 0 Å². The number of para-hydroxylation sites is 2. The molecule has 20 heavy (non-hydrogen) atoms. The van der Waals surface area contributed by atoms with Crippen LogP contribution >= 0.6 is 11.8 Å². The number of pyridine rings is 1. The van der Waals surface area contributed by atoms with Gasteiger partial charge < -0.3 is 4.42 Å². The summed E-state index contributed by atoms with van der Waals surface area (Å²) < 4.78 is 42.7. The van der Waals surface area contributed by atoms with E-state index < -0.39 is 11.7 Å². The number of rotatable bonds is 2. The fraction of sp³-hybridized carbons (Fsp3) is 0.0769. The average molecular weight is 296 g/mol. The minimum Gasteiger partial charge on any atom is -0.431 e. The summed E-state index contributed by atoms with van der Waals surface area (Å²) >= 11 is 1.08. The lowest BCUT2D eigenvalue weighted by molar-refractivity contribution is -0.137. The van der Waals surface area contributed by atoms with Gasteiger partial charge in [0.15, 0.2) is 5.58 Å². The molecule has 0 spiro atoms. The van der Waals surface area contributed by atoms with Crippen molar-refractivity contribution in [1.82, 2.24) is 9.97 Å². The number of benzene rings is 1. The van der Waals surface area contributed by atoms with Crippen LogP contribution in [0.4, 0.5) is 13.2 Å². The maximum absolute atomic E-state index is 12.4. The van der Waals surface area contributed by atoms with Crippen molar-refractivity contribution in [1.29, 1.82) is 0 Å². The Morgan fingerprint density at radius 3 is 2.50 bits per heavy atom. The van der Waals surface area contributed by atoms with E-state index >= 15 is 0 Å². The van der Waals surface area contributed by atoms with Gasteiger partial charge >= 0.3 is 6.18 Å². The number of nitrogens with zero attached hydrogens (tertiary/aromatic N) is 2. The molecule has 0 unspecified atom stereocenters. The molecule has 102 valence electrons. The van der Waals surface area contributed by atoms with Crippen LogP contribution < -0.4 is 0 Å². The first-order valence-electron chi connectivity index (χ1n) is 5.59. The largest absolute Gasteiger partial charge is 0.431 e. The summed E-state index contributed by atoms with van der Waals surface area (Å²) in [6.45, 7) is 0. The summed E-state index contributed by atoms with van der Waals surface area (Å²) in [5.74, 6) is 0. The van der Waals surface area contributed by atoms with Gasteiger partial charge in [-0.05, 0) is 36.0 Å². The second kappa shape index (κ2) is 4.82. The molecule has 1 aromatic carbocycles. The molecule has 0 N–H and O–H groups in total. The molecule has 0 fully saturated rings. The van der Waals surface area contributed by atoms with Crippen LogP contribution in [0.15, 0.2) is 57.3 Å². The zero-order valence-electron chi connectivity index (χ0n) is 9.89. The van der Waals surface area contributed by atoms with Crippen LogP contribution in [0, 0.1) is 0 Å². The molecule has 0 saturated heterocycles. The molecule has 2 heterocycles. The first kappa shape index (κ1) is 13.0. The number of halogens is 3. The molecule has 0 bridgehead atoms. The minimum absolute atomic E-state index is 0.346. The van der Waals surface area contributed by atoms with Gasteiger partial charge in [0.25, 0.3) is 5.22 Å². The number of hydrogen-bond acceptors (Lipinski definition) is 4. The number of alkyl halides is 3. The highest BCUT2D eigenvalue weighted by molar-refractivity contribution is 7.99. The Bertz CT molecular complexity index is 704. The summed E-state index contributed by atoms with van der Waals surface area (Å²) in [6, 6.07) is 9.49. The molecule has 0 saturated carbocycles. The predicted molar refractivity (Wildman–Crippen MR) is 67.4 cm³/mol. The van der Waals surface area contributed by atoms with Crippen LogP contribution in [0.5, 0.6) is 0 Å².